The highest BCUT2D eigenvalue weighted by Crippen LogP contribution is 2.07. The number of carbonyl (C=O) groups excluding carboxylic acids is 1. The fraction of sp³-hybridized carbons (Fsp3) is 0.909. The van der Waals surface area contributed by atoms with Crippen LogP contribution in [0.4, 0.5) is 0 Å². The maximum Gasteiger partial charge on any atom is 0.306 e. The second-order valence-electron chi connectivity index (χ2n) is 3.64. The van der Waals surface area contributed by atoms with Crippen LogP contribution in [0, 0.1) is 5.92 Å². The third-order valence-electron chi connectivity index (χ3n) is 2.38. The van der Waals surface area contributed by atoms with Gasteiger partial charge in [0.15, 0.2) is 0 Å². The van der Waals surface area contributed by atoms with E-state index in [1.54, 1.807) is 0 Å². The summed E-state index contributed by atoms with van der Waals surface area (Å²) in [5.74, 6) is 0.187. The fourth-order valence-electron chi connectivity index (χ4n) is 1.23. The van der Waals surface area contributed by atoms with Crippen molar-refractivity contribution in [2.45, 2.75) is 46.0 Å². The molecule has 0 rings (SSSR count). The zero-order valence-electron chi connectivity index (χ0n) is 9.42. The number of nitrogens with two attached hydrogens (primary N) is 1. The summed E-state index contributed by atoms with van der Waals surface area (Å²) in [6, 6.07) is 0. The minimum atomic E-state index is -0.0987. The second-order valence-corrected chi connectivity index (χ2v) is 3.64. The molecule has 0 saturated heterocycles. The highest BCUT2D eigenvalue weighted by atomic mass is 16.5. The maximum atomic E-state index is 11.3. The number of esters is 1. The molecule has 0 amide bonds. The predicted molar refractivity (Wildman–Crippen MR) is 57.9 cm³/mol. The van der Waals surface area contributed by atoms with Crippen LogP contribution in [0.25, 0.3) is 0 Å². The van der Waals surface area contributed by atoms with Crippen molar-refractivity contribution in [1.29, 1.82) is 0 Å². The van der Waals surface area contributed by atoms with E-state index in [0.29, 0.717) is 19.6 Å². The van der Waals surface area contributed by atoms with Crippen molar-refractivity contribution in [1.82, 2.24) is 0 Å². The molecule has 0 aromatic carbocycles. The molecule has 0 radical (unpaired) electrons. The van der Waals surface area contributed by atoms with Crippen LogP contribution in [-0.4, -0.2) is 19.1 Å². The molecule has 3 heteroatoms. The zero-order chi connectivity index (χ0) is 10.8. The van der Waals surface area contributed by atoms with Gasteiger partial charge in [-0.15, -0.1) is 0 Å². The quantitative estimate of drug-likeness (QED) is 0.483. The molecule has 3 nitrogen and oxygen atoms in total. The third-order valence-corrected chi connectivity index (χ3v) is 2.38. The fourth-order valence-corrected chi connectivity index (χ4v) is 1.23. The first-order valence-electron chi connectivity index (χ1n) is 5.60. The van der Waals surface area contributed by atoms with Crippen molar-refractivity contribution in [3.8, 4) is 0 Å². The number of hydrogen-bond acceptors (Lipinski definition) is 3. The van der Waals surface area contributed by atoms with Crippen LogP contribution >= 0.6 is 0 Å². The lowest BCUT2D eigenvalue weighted by atomic mass is 10.0. The van der Waals surface area contributed by atoms with Crippen molar-refractivity contribution in [3.63, 3.8) is 0 Å². The van der Waals surface area contributed by atoms with Crippen LogP contribution in [0.15, 0.2) is 0 Å². The monoisotopic (exact) mass is 201 g/mol. The van der Waals surface area contributed by atoms with Gasteiger partial charge in [-0.05, 0) is 18.9 Å². The molecule has 1 atom stereocenters. The Bertz CT molecular complexity index is 144. The summed E-state index contributed by atoms with van der Waals surface area (Å²) in [6.07, 6.45) is 4.67. The topological polar surface area (TPSA) is 52.3 Å². The Kier molecular flexibility index (Phi) is 8.64. The first kappa shape index (κ1) is 13.4. The molecule has 1 unspecified atom stereocenters. The molecule has 0 aliphatic carbocycles. The number of rotatable bonds is 8. The Morgan fingerprint density at radius 3 is 2.57 bits per heavy atom. The van der Waals surface area contributed by atoms with Gasteiger partial charge in [0.25, 0.3) is 0 Å². The van der Waals surface area contributed by atoms with Gasteiger partial charge in [-0.25, -0.2) is 0 Å². The van der Waals surface area contributed by atoms with E-state index < -0.39 is 0 Å². The average molecular weight is 201 g/mol. The van der Waals surface area contributed by atoms with Crippen LogP contribution in [0.5, 0.6) is 0 Å². The summed E-state index contributed by atoms with van der Waals surface area (Å²) < 4.78 is 5.08. The molecule has 0 fully saturated rings. The van der Waals surface area contributed by atoms with Gasteiger partial charge < -0.3 is 10.5 Å². The molecule has 0 aromatic rings. The van der Waals surface area contributed by atoms with Crippen LogP contribution in [0.3, 0.4) is 0 Å². The molecule has 14 heavy (non-hydrogen) atoms. The molecule has 2 N–H and O–H groups in total. The number of unbranched alkanes of at least 4 members (excludes halogenated alkanes) is 2. The second kappa shape index (κ2) is 9.00. The van der Waals surface area contributed by atoms with Crippen molar-refractivity contribution >= 4 is 5.97 Å². The minimum Gasteiger partial charge on any atom is -0.466 e. The summed E-state index contributed by atoms with van der Waals surface area (Å²) in [6.45, 7) is 5.31. The van der Waals surface area contributed by atoms with Crippen LogP contribution in [0.2, 0.25) is 0 Å². The molecular weight excluding hydrogens is 178 g/mol. The van der Waals surface area contributed by atoms with E-state index in [2.05, 4.69) is 6.92 Å². The predicted octanol–water partition coefficient (Wildman–Crippen LogP) is 2.09. The zero-order valence-corrected chi connectivity index (χ0v) is 9.42. The lowest BCUT2D eigenvalue weighted by molar-refractivity contribution is -0.144. The molecule has 0 spiro atoms. The molecule has 84 valence electrons. The van der Waals surface area contributed by atoms with Crippen LogP contribution < -0.4 is 5.73 Å². The minimum absolute atomic E-state index is 0.0987. The number of carbonyl (C=O) groups is 1. The van der Waals surface area contributed by atoms with E-state index in [1.807, 2.05) is 6.92 Å². The molecule has 0 heterocycles. The normalized spacial score (nSPS) is 12.5. The summed E-state index contributed by atoms with van der Waals surface area (Å²) in [5.41, 5.74) is 5.50. The number of hydrogen-bond donors (Lipinski definition) is 1. The van der Waals surface area contributed by atoms with Gasteiger partial charge in [-0.2, -0.15) is 0 Å². The first-order chi connectivity index (χ1) is 6.74. The van der Waals surface area contributed by atoms with E-state index in [4.69, 9.17) is 10.5 Å². The van der Waals surface area contributed by atoms with Gasteiger partial charge in [-0.3, -0.25) is 4.79 Å². The Morgan fingerprint density at radius 1 is 1.36 bits per heavy atom. The summed E-state index contributed by atoms with van der Waals surface area (Å²) in [7, 11) is 0. The van der Waals surface area contributed by atoms with Gasteiger partial charge >= 0.3 is 5.97 Å². The van der Waals surface area contributed by atoms with Crippen LogP contribution in [0.1, 0.15) is 46.0 Å². The van der Waals surface area contributed by atoms with E-state index in [1.165, 1.54) is 0 Å². The van der Waals surface area contributed by atoms with Crippen molar-refractivity contribution in [3.05, 3.63) is 0 Å². The Balaban J connectivity index is 3.44. The molecule has 0 aromatic heterocycles. The molecule has 0 bridgehead atoms. The Hall–Kier alpha value is -0.570. The van der Waals surface area contributed by atoms with Crippen molar-refractivity contribution in [2.24, 2.45) is 11.7 Å². The van der Waals surface area contributed by atoms with Gasteiger partial charge in [0.05, 0.1) is 6.61 Å². The van der Waals surface area contributed by atoms with E-state index in [-0.39, 0.29) is 11.9 Å². The lowest BCUT2D eigenvalue weighted by Gasteiger charge is -2.11. The lowest BCUT2D eigenvalue weighted by Crippen LogP contribution is -2.19. The van der Waals surface area contributed by atoms with Gasteiger partial charge in [0, 0.05) is 6.42 Å². The molecule has 0 aliphatic heterocycles. The Labute approximate surface area is 87.0 Å². The van der Waals surface area contributed by atoms with E-state index in [0.717, 1.165) is 25.7 Å². The van der Waals surface area contributed by atoms with Gasteiger partial charge in [0.2, 0.25) is 0 Å². The summed E-state index contributed by atoms with van der Waals surface area (Å²) in [4.78, 5) is 11.3. The Morgan fingerprint density at radius 2 is 2.07 bits per heavy atom. The van der Waals surface area contributed by atoms with Gasteiger partial charge in [-0.1, -0.05) is 33.1 Å². The standard InChI is InChI=1S/C11H23NO2/c1-3-5-6-7-14-11(13)8-10(4-2)9-12/h10H,3-9,12H2,1-2H3. The SMILES string of the molecule is CCCCCOC(=O)CC(CC)CN. The highest BCUT2D eigenvalue weighted by Gasteiger charge is 2.10. The van der Waals surface area contributed by atoms with Crippen LogP contribution in [-0.2, 0) is 9.53 Å². The van der Waals surface area contributed by atoms with E-state index in [9.17, 15) is 4.79 Å². The molecule has 0 saturated carbocycles. The summed E-state index contributed by atoms with van der Waals surface area (Å²) >= 11 is 0. The largest absolute Gasteiger partial charge is 0.466 e. The van der Waals surface area contributed by atoms with Gasteiger partial charge in [0.1, 0.15) is 0 Å². The number of ether oxygens (including phenoxy) is 1. The third kappa shape index (κ3) is 6.89. The van der Waals surface area contributed by atoms with Crippen molar-refractivity contribution in [2.75, 3.05) is 13.2 Å². The molecule has 0 aliphatic rings. The smallest absolute Gasteiger partial charge is 0.306 e. The average Bonchev–Trinajstić information content (AvgIpc) is 2.21. The highest BCUT2D eigenvalue weighted by molar-refractivity contribution is 5.69. The summed E-state index contributed by atoms with van der Waals surface area (Å²) in [5, 5.41) is 0. The van der Waals surface area contributed by atoms with Crippen molar-refractivity contribution < 1.29 is 9.53 Å². The molecular formula is C11H23NO2. The first-order valence-corrected chi connectivity index (χ1v) is 5.60. The maximum absolute atomic E-state index is 11.3. The van der Waals surface area contributed by atoms with E-state index >= 15 is 0 Å².